The summed E-state index contributed by atoms with van der Waals surface area (Å²) in [5.74, 6) is -1.03. The molecule has 0 spiro atoms. The first-order chi connectivity index (χ1) is 7.38. The standard InChI is InChI=1S/C10H8ClF3O2/c1-2-16-9(15)6-4-3-5-7(11)8(6)10(12,13)14/h3-5H,2H2,1H3. The zero-order chi connectivity index (χ0) is 12.3. The minimum atomic E-state index is -4.68. The van der Waals surface area contributed by atoms with E-state index in [-0.39, 0.29) is 6.61 Å². The molecule has 0 unspecified atom stereocenters. The summed E-state index contributed by atoms with van der Waals surface area (Å²) in [5.41, 5.74) is -1.73. The maximum Gasteiger partial charge on any atom is 0.418 e. The Balaban J connectivity index is 3.29. The van der Waals surface area contributed by atoms with Crippen LogP contribution in [0.3, 0.4) is 0 Å². The second kappa shape index (κ2) is 4.74. The van der Waals surface area contributed by atoms with Crippen LogP contribution in [-0.4, -0.2) is 12.6 Å². The van der Waals surface area contributed by atoms with Crippen LogP contribution >= 0.6 is 11.6 Å². The first kappa shape index (κ1) is 12.8. The highest BCUT2D eigenvalue weighted by molar-refractivity contribution is 6.31. The Labute approximate surface area is 95.0 Å². The molecule has 0 saturated carbocycles. The Kier molecular flexibility index (Phi) is 3.80. The van der Waals surface area contributed by atoms with Gasteiger partial charge in [0, 0.05) is 0 Å². The van der Waals surface area contributed by atoms with Gasteiger partial charge in [-0.25, -0.2) is 4.79 Å². The third-order valence-electron chi connectivity index (χ3n) is 1.79. The lowest BCUT2D eigenvalue weighted by Gasteiger charge is -2.13. The van der Waals surface area contributed by atoms with Crippen LogP contribution in [-0.2, 0) is 10.9 Å². The molecule has 0 radical (unpaired) electrons. The van der Waals surface area contributed by atoms with Crippen molar-refractivity contribution in [3.63, 3.8) is 0 Å². The molecule has 88 valence electrons. The molecule has 0 saturated heterocycles. The van der Waals surface area contributed by atoms with Crippen molar-refractivity contribution in [3.8, 4) is 0 Å². The molecule has 0 aliphatic heterocycles. The fourth-order valence-electron chi connectivity index (χ4n) is 1.19. The smallest absolute Gasteiger partial charge is 0.418 e. The summed E-state index contributed by atoms with van der Waals surface area (Å²) in [6.45, 7) is 1.51. The van der Waals surface area contributed by atoms with Crippen molar-refractivity contribution in [1.29, 1.82) is 0 Å². The van der Waals surface area contributed by atoms with Crippen molar-refractivity contribution in [3.05, 3.63) is 34.3 Å². The molecule has 0 aromatic heterocycles. The second-order valence-corrected chi connectivity index (χ2v) is 3.29. The number of alkyl halides is 3. The number of rotatable bonds is 2. The highest BCUT2D eigenvalue weighted by Gasteiger charge is 2.37. The van der Waals surface area contributed by atoms with E-state index in [1.807, 2.05) is 0 Å². The maximum atomic E-state index is 12.6. The van der Waals surface area contributed by atoms with Gasteiger partial charge in [0.25, 0.3) is 0 Å². The van der Waals surface area contributed by atoms with E-state index in [0.29, 0.717) is 0 Å². The lowest BCUT2D eigenvalue weighted by atomic mass is 10.1. The Morgan fingerprint density at radius 2 is 2.06 bits per heavy atom. The van der Waals surface area contributed by atoms with Gasteiger partial charge in [-0.2, -0.15) is 13.2 Å². The third-order valence-corrected chi connectivity index (χ3v) is 2.11. The molecular weight excluding hydrogens is 245 g/mol. The van der Waals surface area contributed by atoms with Crippen molar-refractivity contribution in [2.24, 2.45) is 0 Å². The van der Waals surface area contributed by atoms with E-state index in [2.05, 4.69) is 4.74 Å². The summed E-state index contributed by atoms with van der Waals surface area (Å²) in [5, 5.41) is -0.516. The van der Waals surface area contributed by atoms with E-state index in [1.54, 1.807) is 0 Å². The van der Waals surface area contributed by atoms with Gasteiger partial charge in [-0.1, -0.05) is 17.7 Å². The molecule has 1 aromatic carbocycles. The van der Waals surface area contributed by atoms with E-state index in [0.717, 1.165) is 12.1 Å². The number of halogens is 4. The van der Waals surface area contributed by atoms with Gasteiger partial charge in [0.15, 0.2) is 0 Å². The quantitative estimate of drug-likeness (QED) is 0.753. The van der Waals surface area contributed by atoms with Crippen molar-refractivity contribution in [2.45, 2.75) is 13.1 Å². The van der Waals surface area contributed by atoms with E-state index in [4.69, 9.17) is 11.6 Å². The van der Waals surface area contributed by atoms with E-state index >= 15 is 0 Å². The predicted molar refractivity (Wildman–Crippen MR) is 52.4 cm³/mol. The molecule has 0 aliphatic rings. The molecule has 0 N–H and O–H groups in total. The third kappa shape index (κ3) is 2.66. The van der Waals surface area contributed by atoms with Crippen LogP contribution in [0.4, 0.5) is 13.2 Å². The number of hydrogen-bond acceptors (Lipinski definition) is 2. The van der Waals surface area contributed by atoms with Crippen LogP contribution in [0.5, 0.6) is 0 Å². The molecule has 2 nitrogen and oxygen atoms in total. The SMILES string of the molecule is CCOC(=O)c1cccc(Cl)c1C(F)(F)F. The molecule has 6 heteroatoms. The van der Waals surface area contributed by atoms with E-state index < -0.39 is 28.3 Å². The van der Waals surface area contributed by atoms with Crippen LogP contribution in [0.1, 0.15) is 22.8 Å². The van der Waals surface area contributed by atoms with E-state index in [1.165, 1.54) is 13.0 Å². The molecule has 1 aromatic rings. The topological polar surface area (TPSA) is 26.3 Å². The zero-order valence-electron chi connectivity index (χ0n) is 8.27. The number of benzene rings is 1. The number of carbonyl (C=O) groups excluding carboxylic acids is 1. The molecule has 0 atom stereocenters. The Morgan fingerprint density at radius 1 is 1.44 bits per heavy atom. The summed E-state index contributed by atoms with van der Waals surface area (Å²) >= 11 is 5.43. The zero-order valence-corrected chi connectivity index (χ0v) is 9.02. The summed E-state index contributed by atoms with van der Waals surface area (Å²) in [6.07, 6.45) is -4.68. The highest BCUT2D eigenvalue weighted by atomic mass is 35.5. The molecular formula is C10H8ClF3O2. The highest BCUT2D eigenvalue weighted by Crippen LogP contribution is 2.37. The first-order valence-corrected chi connectivity index (χ1v) is 4.78. The van der Waals surface area contributed by atoms with Gasteiger partial charge in [-0.15, -0.1) is 0 Å². The molecule has 0 bridgehead atoms. The van der Waals surface area contributed by atoms with Crippen LogP contribution in [0.2, 0.25) is 5.02 Å². The summed E-state index contributed by atoms with van der Waals surface area (Å²) in [7, 11) is 0. The van der Waals surface area contributed by atoms with Crippen molar-refractivity contribution < 1.29 is 22.7 Å². The number of esters is 1. The van der Waals surface area contributed by atoms with Gasteiger partial charge in [0.1, 0.15) is 0 Å². The van der Waals surface area contributed by atoms with Gasteiger partial charge in [0.05, 0.1) is 22.8 Å². The number of hydrogen-bond donors (Lipinski definition) is 0. The molecule has 1 rings (SSSR count). The fourth-order valence-corrected chi connectivity index (χ4v) is 1.47. The molecule has 0 fully saturated rings. The van der Waals surface area contributed by atoms with E-state index in [9.17, 15) is 18.0 Å². The van der Waals surface area contributed by atoms with Gasteiger partial charge in [-0.3, -0.25) is 0 Å². The average Bonchev–Trinajstić information content (AvgIpc) is 2.15. The number of carbonyl (C=O) groups is 1. The van der Waals surface area contributed by atoms with Gasteiger partial charge >= 0.3 is 12.1 Å². The van der Waals surface area contributed by atoms with Crippen LogP contribution in [0.25, 0.3) is 0 Å². The first-order valence-electron chi connectivity index (χ1n) is 4.40. The Hall–Kier alpha value is -1.23. The summed E-state index contributed by atoms with van der Waals surface area (Å²) in [4.78, 5) is 11.3. The van der Waals surface area contributed by atoms with Crippen LogP contribution in [0, 0.1) is 0 Å². The molecule has 16 heavy (non-hydrogen) atoms. The van der Waals surface area contributed by atoms with Crippen molar-refractivity contribution in [2.75, 3.05) is 6.61 Å². The van der Waals surface area contributed by atoms with Gasteiger partial charge < -0.3 is 4.74 Å². The maximum absolute atomic E-state index is 12.6. The Bertz CT molecular complexity index is 402. The van der Waals surface area contributed by atoms with Crippen LogP contribution in [0.15, 0.2) is 18.2 Å². The molecule has 0 heterocycles. The fraction of sp³-hybridized carbons (Fsp3) is 0.300. The lowest BCUT2D eigenvalue weighted by Crippen LogP contribution is -2.15. The van der Waals surface area contributed by atoms with Crippen molar-refractivity contribution in [1.82, 2.24) is 0 Å². The minimum absolute atomic E-state index is 0.00262. The Morgan fingerprint density at radius 3 is 2.56 bits per heavy atom. The summed E-state index contributed by atoms with van der Waals surface area (Å²) in [6, 6.07) is 3.38. The molecule has 0 aliphatic carbocycles. The monoisotopic (exact) mass is 252 g/mol. The number of ether oxygens (including phenoxy) is 1. The largest absolute Gasteiger partial charge is 0.462 e. The van der Waals surface area contributed by atoms with Gasteiger partial charge in [-0.05, 0) is 19.1 Å². The predicted octanol–water partition coefficient (Wildman–Crippen LogP) is 3.54. The normalized spacial score (nSPS) is 11.3. The van der Waals surface area contributed by atoms with Crippen LogP contribution < -0.4 is 0 Å². The summed E-state index contributed by atoms with van der Waals surface area (Å²) < 4.78 is 42.4. The average molecular weight is 253 g/mol. The lowest BCUT2D eigenvalue weighted by molar-refractivity contribution is -0.138. The van der Waals surface area contributed by atoms with Crippen molar-refractivity contribution >= 4 is 17.6 Å². The minimum Gasteiger partial charge on any atom is -0.462 e. The van der Waals surface area contributed by atoms with Gasteiger partial charge in [0.2, 0.25) is 0 Å². The second-order valence-electron chi connectivity index (χ2n) is 2.88. The molecule has 0 amide bonds.